The van der Waals surface area contributed by atoms with Gasteiger partial charge in [-0.15, -0.1) is 0 Å². The van der Waals surface area contributed by atoms with Gasteiger partial charge in [-0.1, -0.05) is 6.42 Å². The van der Waals surface area contributed by atoms with Crippen molar-refractivity contribution in [2.24, 2.45) is 5.92 Å². The number of aliphatic hydroxyl groups is 1. The molecule has 1 aliphatic rings. The van der Waals surface area contributed by atoms with E-state index in [0.717, 1.165) is 25.5 Å². The predicted octanol–water partition coefficient (Wildman–Crippen LogP) is 2.32. The summed E-state index contributed by atoms with van der Waals surface area (Å²) >= 11 is 0. The second-order valence-electron chi connectivity index (χ2n) is 5.49. The lowest BCUT2D eigenvalue weighted by Crippen LogP contribution is -2.55. The van der Waals surface area contributed by atoms with Crippen LogP contribution in [-0.2, 0) is 4.74 Å². The Kier molecular flexibility index (Phi) is 6.52. The van der Waals surface area contributed by atoms with E-state index in [9.17, 15) is 23.1 Å². The molecule has 0 saturated heterocycles. The minimum absolute atomic E-state index is 0.105. The first-order valence-corrected chi connectivity index (χ1v) is 7.32. The molecule has 0 radical (unpaired) electrons. The Balaban J connectivity index is 2.53. The van der Waals surface area contributed by atoms with Gasteiger partial charge in [0.05, 0.1) is 19.4 Å². The van der Waals surface area contributed by atoms with E-state index in [1.165, 1.54) is 0 Å². The number of carbonyl (C=O) groups excluding carboxylic acids is 1. The van der Waals surface area contributed by atoms with Gasteiger partial charge >= 0.3 is 12.2 Å². The normalized spacial score (nSPS) is 20.1. The average Bonchev–Trinajstić information content (AvgIpc) is 2.33. The quantitative estimate of drug-likeness (QED) is 0.630. The lowest BCUT2D eigenvalue weighted by atomic mass is 9.80. The summed E-state index contributed by atoms with van der Waals surface area (Å²) in [6, 6.07) is -0.835. The fourth-order valence-corrected chi connectivity index (χ4v) is 2.04. The Hall–Kier alpha value is -1.44. The minimum Gasteiger partial charge on any atom is -0.502 e. The molecule has 3 N–H and O–H groups in total. The van der Waals surface area contributed by atoms with Crippen LogP contribution in [0.2, 0.25) is 0 Å². The number of nitrogens with one attached hydrogen (secondary N) is 2. The molecule has 0 spiro atoms. The van der Waals surface area contributed by atoms with E-state index in [-0.39, 0.29) is 12.6 Å². The molecule has 0 aromatic rings. The van der Waals surface area contributed by atoms with E-state index in [4.69, 9.17) is 0 Å². The smallest absolute Gasteiger partial charge is 0.422 e. The highest BCUT2D eigenvalue weighted by atomic mass is 19.4. The Bertz CT molecular complexity index is 397. The molecule has 5 nitrogen and oxygen atoms in total. The Morgan fingerprint density at radius 2 is 2.09 bits per heavy atom. The van der Waals surface area contributed by atoms with Crippen molar-refractivity contribution in [3.8, 4) is 0 Å². The Labute approximate surface area is 127 Å². The molecule has 0 heterocycles. The van der Waals surface area contributed by atoms with Gasteiger partial charge in [0.2, 0.25) is 0 Å². The van der Waals surface area contributed by atoms with Crippen LogP contribution < -0.4 is 10.6 Å². The standard InChI is InChI=1S/C14H23F3N2O3/c1-3-22-8-7-13(21,14(15,16)17)9-18-12(20)19-10(2)11-5-4-6-11/h7-8,10-11,21H,3-6,9H2,1-2H3,(H2,18,19,20). The number of amides is 2. The van der Waals surface area contributed by atoms with Crippen LogP contribution in [0.4, 0.5) is 18.0 Å². The van der Waals surface area contributed by atoms with Crippen molar-refractivity contribution in [3.05, 3.63) is 12.3 Å². The van der Waals surface area contributed by atoms with E-state index in [1.54, 1.807) is 6.92 Å². The van der Waals surface area contributed by atoms with Crippen LogP contribution in [0, 0.1) is 5.92 Å². The largest absolute Gasteiger partial charge is 0.502 e. The second-order valence-corrected chi connectivity index (χ2v) is 5.49. The maximum Gasteiger partial charge on any atom is 0.422 e. The highest BCUT2D eigenvalue weighted by Crippen LogP contribution is 2.31. The summed E-state index contributed by atoms with van der Waals surface area (Å²) in [5, 5.41) is 14.3. The zero-order chi connectivity index (χ0) is 16.8. The van der Waals surface area contributed by atoms with Gasteiger partial charge in [-0.05, 0) is 38.7 Å². The van der Waals surface area contributed by atoms with E-state index in [0.29, 0.717) is 12.0 Å². The molecule has 1 saturated carbocycles. The zero-order valence-electron chi connectivity index (χ0n) is 12.7. The molecule has 0 bridgehead atoms. The summed E-state index contributed by atoms with van der Waals surface area (Å²) < 4.78 is 43.4. The zero-order valence-corrected chi connectivity index (χ0v) is 12.7. The van der Waals surface area contributed by atoms with Crippen molar-refractivity contribution >= 4 is 6.03 Å². The Morgan fingerprint density at radius 3 is 2.55 bits per heavy atom. The maximum atomic E-state index is 12.9. The third-order valence-corrected chi connectivity index (χ3v) is 3.83. The molecule has 2 atom stereocenters. The third-order valence-electron chi connectivity index (χ3n) is 3.83. The van der Waals surface area contributed by atoms with Crippen molar-refractivity contribution in [1.29, 1.82) is 0 Å². The van der Waals surface area contributed by atoms with Gasteiger partial charge in [-0.2, -0.15) is 13.2 Å². The molecular formula is C14H23F3N2O3. The molecule has 128 valence electrons. The molecule has 0 aliphatic heterocycles. The van der Waals surface area contributed by atoms with Gasteiger partial charge in [0.1, 0.15) is 0 Å². The number of carbonyl (C=O) groups is 1. The van der Waals surface area contributed by atoms with E-state index in [2.05, 4.69) is 15.4 Å². The third kappa shape index (κ3) is 5.08. The van der Waals surface area contributed by atoms with E-state index >= 15 is 0 Å². The number of halogens is 3. The molecule has 8 heteroatoms. The van der Waals surface area contributed by atoms with Gasteiger partial charge in [0, 0.05) is 6.04 Å². The van der Waals surface area contributed by atoms with Crippen LogP contribution in [-0.4, -0.2) is 42.1 Å². The first-order valence-electron chi connectivity index (χ1n) is 7.32. The van der Waals surface area contributed by atoms with Crippen LogP contribution >= 0.6 is 0 Å². The predicted molar refractivity (Wildman–Crippen MR) is 75.1 cm³/mol. The molecule has 0 aromatic heterocycles. The van der Waals surface area contributed by atoms with Crippen molar-refractivity contribution in [2.45, 2.75) is 50.9 Å². The van der Waals surface area contributed by atoms with Crippen LogP contribution in [0.5, 0.6) is 0 Å². The molecule has 1 rings (SSSR count). The number of rotatable bonds is 7. The van der Waals surface area contributed by atoms with Gasteiger partial charge in [-0.3, -0.25) is 0 Å². The van der Waals surface area contributed by atoms with Crippen LogP contribution in [0.25, 0.3) is 0 Å². The van der Waals surface area contributed by atoms with Crippen LogP contribution in [0.1, 0.15) is 33.1 Å². The molecular weight excluding hydrogens is 301 g/mol. The minimum atomic E-state index is -4.92. The number of ether oxygens (including phenoxy) is 1. The fraction of sp³-hybridized carbons (Fsp3) is 0.786. The highest BCUT2D eigenvalue weighted by molar-refractivity contribution is 5.74. The lowest BCUT2D eigenvalue weighted by Gasteiger charge is -2.32. The van der Waals surface area contributed by atoms with Gasteiger partial charge in [0.25, 0.3) is 0 Å². The molecule has 2 amide bonds. The molecule has 0 aromatic carbocycles. The van der Waals surface area contributed by atoms with Crippen molar-refractivity contribution in [3.63, 3.8) is 0 Å². The maximum absolute atomic E-state index is 12.9. The monoisotopic (exact) mass is 324 g/mol. The molecule has 1 aliphatic carbocycles. The van der Waals surface area contributed by atoms with Gasteiger partial charge < -0.3 is 20.5 Å². The lowest BCUT2D eigenvalue weighted by molar-refractivity contribution is -0.237. The van der Waals surface area contributed by atoms with Crippen LogP contribution in [0.15, 0.2) is 12.3 Å². The first kappa shape index (κ1) is 18.6. The second kappa shape index (κ2) is 7.71. The highest BCUT2D eigenvalue weighted by Gasteiger charge is 2.52. The summed E-state index contributed by atoms with van der Waals surface area (Å²) in [6.07, 6.45) is -0.534. The first-order chi connectivity index (χ1) is 10.2. The summed E-state index contributed by atoms with van der Waals surface area (Å²) in [5.41, 5.74) is -3.17. The molecule has 1 fully saturated rings. The number of urea groups is 1. The molecule has 22 heavy (non-hydrogen) atoms. The fourth-order valence-electron chi connectivity index (χ4n) is 2.04. The van der Waals surface area contributed by atoms with Gasteiger partial charge in [0.15, 0.2) is 5.60 Å². The van der Waals surface area contributed by atoms with E-state index < -0.39 is 24.4 Å². The van der Waals surface area contributed by atoms with E-state index in [1.807, 2.05) is 6.92 Å². The molecule has 2 unspecified atom stereocenters. The summed E-state index contributed by atoms with van der Waals surface area (Å²) in [4.78, 5) is 11.6. The number of hydrogen-bond acceptors (Lipinski definition) is 3. The Morgan fingerprint density at radius 1 is 1.45 bits per heavy atom. The topological polar surface area (TPSA) is 70.6 Å². The average molecular weight is 324 g/mol. The summed E-state index contributed by atoms with van der Waals surface area (Å²) in [7, 11) is 0. The van der Waals surface area contributed by atoms with Crippen molar-refractivity contribution in [2.75, 3.05) is 13.2 Å². The van der Waals surface area contributed by atoms with Crippen molar-refractivity contribution in [1.82, 2.24) is 10.6 Å². The van der Waals surface area contributed by atoms with Gasteiger partial charge in [-0.25, -0.2) is 4.79 Å². The van der Waals surface area contributed by atoms with Crippen molar-refractivity contribution < 1.29 is 27.8 Å². The summed E-state index contributed by atoms with van der Waals surface area (Å²) in [5.74, 6) is 0.366. The van der Waals surface area contributed by atoms with Crippen LogP contribution in [0.3, 0.4) is 0 Å². The number of alkyl halides is 3. The SMILES string of the molecule is CCOC=CC(O)(CNC(=O)NC(C)C1CCC1)C(F)(F)F. The number of hydrogen-bond donors (Lipinski definition) is 3. The summed E-state index contributed by atoms with van der Waals surface area (Å²) in [6.45, 7) is 2.61.